The Kier molecular flexibility index (Phi) is 4.42. The predicted octanol–water partition coefficient (Wildman–Crippen LogP) is 0.973. The van der Waals surface area contributed by atoms with Crippen LogP contribution >= 0.6 is 11.3 Å². The number of rotatable bonds is 5. The number of aromatic nitrogens is 1. The Morgan fingerprint density at radius 1 is 1.62 bits per heavy atom. The molecule has 0 bridgehead atoms. The van der Waals surface area contributed by atoms with Crippen LogP contribution in [0.1, 0.15) is 24.0 Å². The number of carboxylic acid groups (broad SMARTS) is 1. The summed E-state index contributed by atoms with van der Waals surface area (Å²) in [5, 5.41) is 13.9. The summed E-state index contributed by atoms with van der Waals surface area (Å²) < 4.78 is 0. The normalized spacial score (nSPS) is 12.1. The zero-order chi connectivity index (χ0) is 12.1. The van der Waals surface area contributed by atoms with Crippen molar-refractivity contribution in [2.45, 2.75) is 32.7 Å². The third kappa shape index (κ3) is 3.62. The Labute approximate surface area is 97.5 Å². The number of thiazole rings is 1. The van der Waals surface area contributed by atoms with Crippen LogP contribution in [0.4, 0.5) is 0 Å². The number of hydrogen-bond acceptors (Lipinski definition) is 4. The van der Waals surface area contributed by atoms with Crippen molar-refractivity contribution in [1.82, 2.24) is 10.3 Å². The van der Waals surface area contributed by atoms with Crippen LogP contribution in [-0.4, -0.2) is 28.0 Å². The topological polar surface area (TPSA) is 79.3 Å². The monoisotopic (exact) mass is 242 g/mol. The Morgan fingerprint density at radius 3 is 2.75 bits per heavy atom. The van der Waals surface area contributed by atoms with Crippen LogP contribution in [0, 0.1) is 6.92 Å². The number of carbonyl (C=O) groups excluding carboxylic acids is 1. The highest BCUT2D eigenvalue weighted by Gasteiger charge is 2.17. The molecule has 0 aliphatic rings. The van der Waals surface area contributed by atoms with Gasteiger partial charge in [-0.15, -0.1) is 11.3 Å². The largest absolute Gasteiger partial charge is 0.480 e. The Bertz CT molecular complexity index is 389. The lowest BCUT2D eigenvalue weighted by Crippen LogP contribution is -2.41. The van der Waals surface area contributed by atoms with E-state index in [1.54, 1.807) is 12.3 Å². The van der Waals surface area contributed by atoms with Gasteiger partial charge in [0, 0.05) is 5.38 Å². The minimum absolute atomic E-state index is 0.133. The van der Waals surface area contributed by atoms with E-state index in [2.05, 4.69) is 10.3 Å². The van der Waals surface area contributed by atoms with Crippen LogP contribution in [0.2, 0.25) is 0 Å². The molecule has 0 aromatic carbocycles. The molecule has 1 heterocycles. The molecule has 0 fully saturated rings. The molecule has 0 aliphatic carbocycles. The fourth-order valence-electron chi connectivity index (χ4n) is 1.24. The standard InChI is InChI=1S/C10H14N2O3S/c1-3-8(10(14)15)12-9(13)4-7-5-16-6(2)11-7/h5,8H,3-4H2,1-2H3,(H,12,13)(H,14,15). The summed E-state index contributed by atoms with van der Waals surface area (Å²) in [4.78, 5) is 26.3. The SMILES string of the molecule is CCC(NC(=O)Cc1csc(C)n1)C(=O)O. The number of hydrogen-bond donors (Lipinski definition) is 2. The molecule has 5 nitrogen and oxygen atoms in total. The van der Waals surface area contributed by atoms with Gasteiger partial charge in [0.15, 0.2) is 0 Å². The maximum Gasteiger partial charge on any atom is 0.326 e. The van der Waals surface area contributed by atoms with E-state index >= 15 is 0 Å². The van der Waals surface area contributed by atoms with Crippen molar-refractivity contribution >= 4 is 23.2 Å². The summed E-state index contributed by atoms with van der Waals surface area (Å²) in [6.45, 7) is 3.57. The number of nitrogens with zero attached hydrogens (tertiary/aromatic N) is 1. The molecule has 16 heavy (non-hydrogen) atoms. The van der Waals surface area contributed by atoms with Crippen LogP contribution in [0.25, 0.3) is 0 Å². The summed E-state index contributed by atoms with van der Waals surface area (Å²) in [7, 11) is 0. The lowest BCUT2D eigenvalue weighted by Gasteiger charge is -2.11. The number of nitrogens with one attached hydrogen (secondary N) is 1. The number of aliphatic carboxylic acids is 1. The van der Waals surface area contributed by atoms with Crippen LogP contribution in [-0.2, 0) is 16.0 Å². The van der Waals surface area contributed by atoms with Crippen molar-refractivity contribution < 1.29 is 14.7 Å². The minimum atomic E-state index is -1.01. The average Bonchev–Trinajstić information content (AvgIpc) is 2.60. The molecule has 0 saturated heterocycles. The van der Waals surface area contributed by atoms with Crippen LogP contribution in [0.15, 0.2) is 5.38 Å². The van der Waals surface area contributed by atoms with E-state index in [4.69, 9.17) is 5.11 Å². The molecule has 1 atom stereocenters. The molecule has 2 N–H and O–H groups in total. The molecule has 1 aromatic heterocycles. The second-order valence-corrected chi connectivity index (χ2v) is 4.46. The van der Waals surface area contributed by atoms with E-state index in [9.17, 15) is 9.59 Å². The molecule has 0 saturated carbocycles. The molecule has 88 valence electrons. The first-order valence-corrected chi connectivity index (χ1v) is 5.84. The number of carbonyl (C=O) groups is 2. The molecule has 1 unspecified atom stereocenters. The van der Waals surface area contributed by atoms with Gasteiger partial charge in [-0.1, -0.05) is 6.92 Å². The Morgan fingerprint density at radius 2 is 2.31 bits per heavy atom. The second kappa shape index (κ2) is 5.60. The van der Waals surface area contributed by atoms with E-state index in [1.165, 1.54) is 11.3 Å². The Hall–Kier alpha value is -1.43. The van der Waals surface area contributed by atoms with Gasteiger partial charge in [0.2, 0.25) is 5.91 Å². The van der Waals surface area contributed by atoms with Gasteiger partial charge in [-0.05, 0) is 13.3 Å². The minimum Gasteiger partial charge on any atom is -0.480 e. The molecule has 0 spiro atoms. The lowest BCUT2D eigenvalue weighted by molar-refractivity contribution is -0.141. The second-order valence-electron chi connectivity index (χ2n) is 3.40. The Balaban J connectivity index is 2.50. The van der Waals surface area contributed by atoms with Gasteiger partial charge in [0.1, 0.15) is 6.04 Å². The van der Waals surface area contributed by atoms with E-state index in [0.29, 0.717) is 12.1 Å². The van der Waals surface area contributed by atoms with Crippen molar-refractivity contribution in [2.24, 2.45) is 0 Å². The lowest BCUT2D eigenvalue weighted by atomic mass is 10.2. The van der Waals surface area contributed by atoms with E-state index in [1.807, 2.05) is 6.92 Å². The van der Waals surface area contributed by atoms with Crippen molar-refractivity contribution in [1.29, 1.82) is 0 Å². The van der Waals surface area contributed by atoms with Gasteiger partial charge < -0.3 is 10.4 Å². The third-order valence-corrected chi connectivity index (χ3v) is 2.87. The van der Waals surface area contributed by atoms with Gasteiger partial charge in [-0.2, -0.15) is 0 Å². The molecule has 0 radical (unpaired) electrons. The first kappa shape index (κ1) is 12.6. The number of amides is 1. The van der Waals surface area contributed by atoms with Gasteiger partial charge in [0.05, 0.1) is 17.1 Å². The maximum absolute atomic E-state index is 11.5. The summed E-state index contributed by atoms with van der Waals surface area (Å²) in [6, 6.07) is -0.813. The van der Waals surface area contributed by atoms with Crippen molar-refractivity contribution in [3.05, 3.63) is 16.1 Å². The van der Waals surface area contributed by atoms with E-state index in [0.717, 1.165) is 5.01 Å². The predicted molar refractivity (Wildman–Crippen MR) is 60.4 cm³/mol. The van der Waals surface area contributed by atoms with Crippen LogP contribution in [0.5, 0.6) is 0 Å². The molecule has 6 heteroatoms. The average molecular weight is 242 g/mol. The first-order valence-electron chi connectivity index (χ1n) is 4.96. The number of carboxylic acids is 1. The van der Waals surface area contributed by atoms with Gasteiger partial charge in [0.25, 0.3) is 0 Å². The molecule has 0 aliphatic heterocycles. The molecule has 1 amide bonds. The zero-order valence-electron chi connectivity index (χ0n) is 9.19. The van der Waals surface area contributed by atoms with Crippen molar-refractivity contribution in [2.75, 3.05) is 0 Å². The summed E-state index contributed by atoms with van der Waals surface area (Å²) in [6.07, 6.45) is 0.505. The van der Waals surface area contributed by atoms with Gasteiger partial charge >= 0.3 is 5.97 Å². The van der Waals surface area contributed by atoms with Crippen LogP contribution in [0.3, 0.4) is 0 Å². The highest BCUT2D eigenvalue weighted by atomic mass is 32.1. The zero-order valence-corrected chi connectivity index (χ0v) is 10.0. The summed E-state index contributed by atoms with van der Waals surface area (Å²) >= 11 is 1.47. The molecular weight excluding hydrogens is 228 g/mol. The highest BCUT2D eigenvalue weighted by Crippen LogP contribution is 2.08. The number of aryl methyl sites for hydroxylation is 1. The summed E-state index contributed by atoms with van der Waals surface area (Å²) in [5.41, 5.74) is 0.681. The highest BCUT2D eigenvalue weighted by molar-refractivity contribution is 7.09. The smallest absolute Gasteiger partial charge is 0.326 e. The summed E-state index contributed by atoms with van der Waals surface area (Å²) in [5.74, 6) is -1.31. The van der Waals surface area contributed by atoms with Crippen LogP contribution < -0.4 is 5.32 Å². The van der Waals surface area contributed by atoms with Gasteiger partial charge in [-0.3, -0.25) is 4.79 Å². The van der Waals surface area contributed by atoms with Crippen molar-refractivity contribution in [3.8, 4) is 0 Å². The molecule has 1 aromatic rings. The fraction of sp³-hybridized carbons (Fsp3) is 0.500. The first-order chi connectivity index (χ1) is 7.52. The van der Waals surface area contributed by atoms with E-state index < -0.39 is 12.0 Å². The molecular formula is C10H14N2O3S. The fourth-order valence-corrected chi connectivity index (χ4v) is 1.85. The quantitative estimate of drug-likeness (QED) is 0.806. The van der Waals surface area contributed by atoms with Gasteiger partial charge in [-0.25, -0.2) is 9.78 Å². The van der Waals surface area contributed by atoms with Crippen molar-refractivity contribution in [3.63, 3.8) is 0 Å². The van der Waals surface area contributed by atoms with E-state index in [-0.39, 0.29) is 12.3 Å². The molecule has 1 rings (SSSR count). The third-order valence-electron chi connectivity index (χ3n) is 2.05. The maximum atomic E-state index is 11.5.